The van der Waals surface area contributed by atoms with E-state index < -0.39 is 0 Å². The number of halogens is 1. The fraction of sp³-hybridized carbons (Fsp3) is 0.120. The smallest absolute Gasteiger partial charge is 0.174 e. The van der Waals surface area contributed by atoms with Crippen molar-refractivity contribution in [2.24, 2.45) is 0 Å². The molecule has 5 rings (SSSR count). The van der Waals surface area contributed by atoms with Crippen LogP contribution in [0, 0.1) is 5.82 Å². The number of aromatic nitrogens is 2. The number of benzene rings is 2. The maximum Gasteiger partial charge on any atom is 0.174 e. The van der Waals surface area contributed by atoms with Crippen LogP contribution in [0.1, 0.15) is 23.5 Å². The Bertz CT molecular complexity index is 1240. The summed E-state index contributed by atoms with van der Waals surface area (Å²) >= 11 is 5.75. The minimum Gasteiger partial charge on any atom is -0.495 e. The van der Waals surface area contributed by atoms with E-state index in [1.807, 2.05) is 59.6 Å². The lowest BCUT2D eigenvalue weighted by atomic mass is 10.0. The molecule has 0 amide bonds. The largest absolute Gasteiger partial charge is 0.495 e. The Morgan fingerprint density at radius 2 is 1.75 bits per heavy atom. The maximum absolute atomic E-state index is 13.7. The minimum atomic E-state index is -0.290. The Morgan fingerprint density at radius 1 is 0.969 bits per heavy atom. The molecule has 32 heavy (non-hydrogen) atoms. The molecular weight excluding hydrogens is 423 g/mol. The average molecular weight is 445 g/mol. The summed E-state index contributed by atoms with van der Waals surface area (Å²) in [4.78, 5) is 6.61. The van der Waals surface area contributed by atoms with Gasteiger partial charge in [0.05, 0.1) is 24.5 Å². The summed E-state index contributed by atoms with van der Waals surface area (Å²) < 4.78 is 21.4. The number of hydrogen-bond acceptors (Lipinski definition) is 3. The summed E-state index contributed by atoms with van der Waals surface area (Å²) in [6, 6.07) is 23.7. The van der Waals surface area contributed by atoms with Crippen LogP contribution >= 0.6 is 12.2 Å². The van der Waals surface area contributed by atoms with Crippen LogP contribution in [0.4, 0.5) is 10.1 Å². The number of para-hydroxylation sites is 2. The summed E-state index contributed by atoms with van der Waals surface area (Å²) in [5, 5.41) is 4.00. The monoisotopic (exact) mass is 444 g/mol. The Labute approximate surface area is 191 Å². The molecule has 4 aromatic rings. The van der Waals surface area contributed by atoms with E-state index in [-0.39, 0.29) is 17.9 Å². The van der Waals surface area contributed by atoms with Gasteiger partial charge in [0.15, 0.2) is 5.11 Å². The van der Waals surface area contributed by atoms with Gasteiger partial charge in [-0.3, -0.25) is 4.98 Å². The van der Waals surface area contributed by atoms with E-state index in [9.17, 15) is 4.39 Å². The van der Waals surface area contributed by atoms with Gasteiger partial charge in [0, 0.05) is 23.8 Å². The maximum atomic E-state index is 13.7. The summed E-state index contributed by atoms with van der Waals surface area (Å²) in [7, 11) is 1.66. The predicted molar refractivity (Wildman–Crippen MR) is 127 cm³/mol. The normalized spacial score (nSPS) is 17.9. The number of thiocarbonyl (C=S) groups is 1. The second kappa shape index (κ2) is 8.43. The molecule has 1 N–H and O–H groups in total. The lowest BCUT2D eigenvalue weighted by molar-refractivity contribution is 0.412. The zero-order valence-corrected chi connectivity index (χ0v) is 18.2. The highest BCUT2D eigenvalue weighted by Crippen LogP contribution is 2.42. The van der Waals surface area contributed by atoms with Crippen molar-refractivity contribution in [1.29, 1.82) is 0 Å². The summed E-state index contributed by atoms with van der Waals surface area (Å²) in [6.45, 7) is 0. The number of nitrogens with zero attached hydrogens (tertiary/aromatic N) is 3. The summed E-state index contributed by atoms with van der Waals surface area (Å²) in [5.41, 5.74) is 3.60. The molecule has 1 aliphatic rings. The molecular formula is C25H21FN4OS. The quantitative estimate of drug-likeness (QED) is 0.429. The number of rotatable bonds is 5. The van der Waals surface area contributed by atoms with Crippen molar-refractivity contribution < 1.29 is 9.13 Å². The number of hydrogen-bond donors (Lipinski definition) is 1. The molecule has 1 aliphatic heterocycles. The lowest BCUT2D eigenvalue weighted by Gasteiger charge is -2.29. The molecule has 0 aliphatic carbocycles. The van der Waals surface area contributed by atoms with Crippen molar-refractivity contribution in [2.45, 2.75) is 12.1 Å². The second-order valence-electron chi connectivity index (χ2n) is 7.45. The number of methoxy groups -OCH3 is 1. The molecule has 5 nitrogen and oxygen atoms in total. The molecule has 1 saturated heterocycles. The van der Waals surface area contributed by atoms with Crippen LogP contribution < -0.4 is 15.0 Å². The van der Waals surface area contributed by atoms with E-state index in [4.69, 9.17) is 17.0 Å². The van der Waals surface area contributed by atoms with Gasteiger partial charge in [-0.1, -0.05) is 18.2 Å². The SMILES string of the molecule is COc1ccccc1-n1cccc1[C@@H]1[C@H](c2ccccn2)NC(=S)N1c1ccc(F)cc1. The van der Waals surface area contributed by atoms with E-state index in [2.05, 4.69) is 20.9 Å². The number of pyridine rings is 1. The van der Waals surface area contributed by atoms with Crippen molar-refractivity contribution in [2.75, 3.05) is 12.0 Å². The Morgan fingerprint density at radius 3 is 2.50 bits per heavy atom. The average Bonchev–Trinajstić information content (AvgIpc) is 3.44. The van der Waals surface area contributed by atoms with Gasteiger partial charge in [0.25, 0.3) is 0 Å². The van der Waals surface area contributed by atoms with Crippen LogP contribution in [0.15, 0.2) is 91.3 Å². The van der Waals surface area contributed by atoms with Crippen molar-refractivity contribution in [3.05, 3.63) is 108 Å². The molecule has 2 aromatic carbocycles. The summed E-state index contributed by atoms with van der Waals surface area (Å²) in [5.74, 6) is 0.475. The van der Waals surface area contributed by atoms with Gasteiger partial charge >= 0.3 is 0 Å². The van der Waals surface area contributed by atoms with Crippen LogP contribution in [0.5, 0.6) is 5.75 Å². The van der Waals surface area contributed by atoms with Gasteiger partial charge in [-0.25, -0.2) is 4.39 Å². The third-order valence-corrected chi connectivity index (χ3v) is 5.95. The fourth-order valence-corrected chi connectivity index (χ4v) is 4.56. The molecule has 0 saturated carbocycles. The second-order valence-corrected chi connectivity index (χ2v) is 7.83. The molecule has 160 valence electrons. The van der Waals surface area contributed by atoms with Crippen LogP contribution in [0.2, 0.25) is 0 Å². The van der Waals surface area contributed by atoms with Crippen LogP contribution in [-0.4, -0.2) is 21.8 Å². The molecule has 0 radical (unpaired) electrons. The highest BCUT2D eigenvalue weighted by molar-refractivity contribution is 7.80. The highest BCUT2D eigenvalue weighted by atomic mass is 32.1. The van der Waals surface area contributed by atoms with Gasteiger partial charge < -0.3 is 19.5 Å². The van der Waals surface area contributed by atoms with E-state index in [0.29, 0.717) is 5.11 Å². The number of ether oxygens (including phenoxy) is 1. The molecule has 7 heteroatoms. The zero-order valence-electron chi connectivity index (χ0n) is 17.4. The number of anilines is 1. The summed E-state index contributed by atoms with van der Waals surface area (Å²) in [6.07, 6.45) is 3.78. The first-order valence-corrected chi connectivity index (χ1v) is 10.6. The standard InChI is InChI=1S/C25H21FN4OS/c1-31-22-10-3-2-8-20(22)29-16-6-9-21(29)24-23(19-7-4-5-15-27-19)28-25(32)30(24)18-13-11-17(26)12-14-18/h2-16,23-24H,1H3,(H,28,32)/t23-,24+/m0/s1. The van der Waals surface area contributed by atoms with E-state index in [1.165, 1.54) is 12.1 Å². The molecule has 0 bridgehead atoms. The van der Waals surface area contributed by atoms with Crippen molar-refractivity contribution in [3.8, 4) is 11.4 Å². The molecule has 1 fully saturated rings. The fourth-order valence-electron chi connectivity index (χ4n) is 4.22. The molecule has 3 heterocycles. The Kier molecular flexibility index (Phi) is 5.33. The third-order valence-electron chi connectivity index (χ3n) is 5.63. The zero-order chi connectivity index (χ0) is 22.1. The molecule has 2 aromatic heterocycles. The first-order chi connectivity index (χ1) is 15.7. The van der Waals surface area contributed by atoms with Crippen molar-refractivity contribution >= 4 is 23.0 Å². The molecule has 2 atom stereocenters. The highest BCUT2D eigenvalue weighted by Gasteiger charge is 2.42. The van der Waals surface area contributed by atoms with Gasteiger partial charge in [-0.2, -0.15) is 0 Å². The van der Waals surface area contributed by atoms with E-state index in [0.717, 1.165) is 28.5 Å². The first-order valence-electron chi connectivity index (χ1n) is 10.2. The third kappa shape index (κ3) is 3.50. The van der Waals surface area contributed by atoms with Gasteiger partial charge in [0.2, 0.25) is 0 Å². The van der Waals surface area contributed by atoms with Gasteiger partial charge in [0.1, 0.15) is 17.6 Å². The predicted octanol–water partition coefficient (Wildman–Crippen LogP) is 5.20. The van der Waals surface area contributed by atoms with E-state index >= 15 is 0 Å². The topological polar surface area (TPSA) is 42.3 Å². The molecule has 0 unspecified atom stereocenters. The lowest BCUT2D eigenvalue weighted by Crippen LogP contribution is -2.30. The van der Waals surface area contributed by atoms with Gasteiger partial charge in [-0.15, -0.1) is 0 Å². The Balaban J connectivity index is 1.68. The van der Waals surface area contributed by atoms with Gasteiger partial charge in [-0.05, 0) is 72.9 Å². The van der Waals surface area contributed by atoms with Crippen molar-refractivity contribution in [3.63, 3.8) is 0 Å². The number of nitrogens with one attached hydrogen (secondary N) is 1. The first kappa shape index (κ1) is 20.2. The van der Waals surface area contributed by atoms with Crippen LogP contribution in [0.25, 0.3) is 5.69 Å². The van der Waals surface area contributed by atoms with Crippen molar-refractivity contribution in [1.82, 2.24) is 14.9 Å². The van der Waals surface area contributed by atoms with Crippen LogP contribution in [0.3, 0.4) is 0 Å². The van der Waals surface area contributed by atoms with Crippen LogP contribution in [-0.2, 0) is 0 Å². The molecule has 0 spiro atoms. The minimum absolute atomic E-state index is 0.197. The van der Waals surface area contributed by atoms with E-state index in [1.54, 1.807) is 25.4 Å². The Hall–Kier alpha value is -3.71.